The van der Waals surface area contributed by atoms with E-state index in [2.05, 4.69) is 0 Å². The van der Waals surface area contributed by atoms with Crippen LogP contribution in [0.25, 0.3) is 0 Å². The zero-order valence-corrected chi connectivity index (χ0v) is 9.64. The van der Waals surface area contributed by atoms with E-state index in [4.69, 9.17) is 17.2 Å². The third-order valence-electron chi connectivity index (χ3n) is 2.25. The van der Waals surface area contributed by atoms with Crippen molar-refractivity contribution in [2.24, 2.45) is 11.5 Å². The van der Waals surface area contributed by atoms with E-state index < -0.39 is 11.8 Å². The summed E-state index contributed by atoms with van der Waals surface area (Å²) in [7, 11) is 0. The Kier molecular flexibility index (Phi) is 3.92. The van der Waals surface area contributed by atoms with Crippen molar-refractivity contribution in [1.29, 1.82) is 0 Å². The lowest BCUT2D eigenvalue weighted by Gasteiger charge is -2.23. The molecule has 1 aromatic carbocycles. The molecule has 0 spiro atoms. The van der Waals surface area contributed by atoms with Crippen LogP contribution in [0.2, 0.25) is 0 Å². The Morgan fingerprint density at radius 2 is 1.71 bits per heavy atom. The van der Waals surface area contributed by atoms with Gasteiger partial charge in [0.25, 0.3) is 0 Å². The number of nitrogens with two attached hydrogens (primary N) is 3. The summed E-state index contributed by atoms with van der Waals surface area (Å²) in [5.41, 5.74) is 18.1. The zero-order chi connectivity index (χ0) is 13.0. The molecule has 92 valence electrons. The number of anilines is 2. The molecule has 0 unspecified atom stereocenters. The standard InChI is InChI=1S/C11H16N4O2/c1-7-4-8(12)2-3-9(7)15(5-10(13)16)6-11(14)17/h2-4H,5-6,12H2,1H3,(H2,13,16)(H2,14,17). The summed E-state index contributed by atoms with van der Waals surface area (Å²) < 4.78 is 0. The van der Waals surface area contributed by atoms with E-state index >= 15 is 0 Å². The van der Waals surface area contributed by atoms with Crippen molar-refractivity contribution in [3.63, 3.8) is 0 Å². The van der Waals surface area contributed by atoms with Gasteiger partial charge in [0, 0.05) is 11.4 Å². The van der Waals surface area contributed by atoms with Crippen LogP contribution in [0.4, 0.5) is 11.4 Å². The first kappa shape index (κ1) is 12.8. The summed E-state index contributed by atoms with van der Waals surface area (Å²) in [6.07, 6.45) is 0. The van der Waals surface area contributed by atoms with Crippen LogP contribution in [0.15, 0.2) is 18.2 Å². The first-order valence-electron chi connectivity index (χ1n) is 5.08. The molecule has 0 radical (unpaired) electrons. The van der Waals surface area contributed by atoms with E-state index in [9.17, 15) is 9.59 Å². The van der Waals surface area contributed by atoms with Crippen molar-refractivity contribution < 1.29 is 9.59 Å². The number of nitrogen functional groups attached to an aromatic ring is 1. The second kappa shape index (κ2) is 5.20. The quantitative estimate of drug-likeness (QED) is 0.589. The average molecular weight is 236 g/mol. The molecule has 6 heteroatoms. The third kappa shape index (κ3) is 3.67. The fourth-order valence-electron chi connectivity index (χ4n) is 1.64. The Morgan fingerprint density at radius 1 is 1.18 bits per heavy atom. The van der Waals surface area contributed by atoms with Crippen LogP contribution in [-0.2, 0) is 9.59 Å². The maximum absolute atomic E-state index is 10.9. The number of benzene rings is 1. The number of rotatable bonds is 5. The summed E-state index contributed by atoms with van der Waals surface area (Å²) in [4.78, 5) is 23.4. The van der Waals surface area contributed by atoms with Crippen LogP contribution in [-0.4, -0.2) is 24.9 Å². The topological polar surface area (TPSA) is 115 Å². The maximum Gasteiger partial charge on any atom is 0.236 e. The second-order valence-electron chi connectivity index (χ2n) is 3.83. The molecule has 0 fully saturated rings. The number of amides is 2. The molecule has 0 atom stereocenters. The highest BCUT2D eigenvalue weighted by molar-refractivity contribution is 5.85. The van der Waals surface area contributed by atoms with Gasteiger partial charge in [0.1, 0.15) is 0 Å². The van der Waals surface area contributed by atoms with E-state index in [-0.39, 0.29) is 13.1 Å². The van der Waals surface area contributed by atoms with Gasteiger partial charge in [-0.25, -0.2) is 0 Å². The highest BCUT2D eigenvalue weighted by Crippen LogP contribution is 2.21. The van der Waals surface area contributed by atoms with Crippen molar-refractivity contribution in [3.05, 3.63) is 23.8 Å². The molecule has 17 heavy (non-hydrogen) atoms. The lowest BCUT2D eigenvalue weighted by molar-refractivity contribution is -0.117. The average Bonchev–Trinajstić information content (AvgIpc) is 2.14. The smallest absolute Gasteiger partial charge is 0.236 e. The van der Waals surface area contributed by atoms with Crippen LogP contribution >= 0.6 is 0 Å². The molecule has 1 rings (SSSR count). The molecule has 0 aliphatic rings. The molecule has 6 N–H and O–H groups in total. The summed E-state index contributed by atoms with van der Waals surface area (Å²) in [6, 6.07) is 5.18. The first-order chi connectivity index (χ1) is 7.90. The van der Waals surface area contributed by atoms with Crippen molar-refractivity contribution in [1.82, 2.24) is 0 Å². The van der Waals surface area contributed by atoms with Gasteiger partial charge in [-0.05, 0) is 30.7 Å². The lowest BCUT2D eigenvalue weighted by Crippen LogP contribution is -2.40. The van der Waals surface area contributed by atoms with Gasteiger partial charge in [-0.2, -0.15) is 0 Å². The maximum atomic E-state index is 10.9. The number of hydrogen-bond donors (Lipinski definition) is 3. The summed E-state index contributed by atoms with van der Waals surface area (Å²) in [5.74, 6) is -1.05. The van der Waals surface area contributed by atoms with E-state index in [0.717, 1.165) is 11.3 Å². The second-order valence-corrected chi connectivity index (χ2v) is 3.83. The van der Waals surface area contributed by atoms with Crippen molar-refractivity contribution in [2.75, 3.05) is 23.7 Å². The van der Waals surface area contributed by atoms with Crippen LogP contribution in [0, 0.1) is 6.92 Å². The van der Waals surface area contributed by atoms with Gasteiger partial charge < -0.3 is 22.1 Å². The van der Waals surface area contributed by atoms with Gasteiger partial charge >= 0.3 is 0 Å². The summed E-state index contributed by atoms with van der Waals surface area (Å²) >= 11 is 0. The molecular weight excluding hydrogens is 220 g/mol. The molecule has 0 aliphatic heterocycles. The number of carbonyl (C=O) groups is 2. The Labute approximate surface area is 99.4 Å². The van der Waals surface area contributed by atoms with Gasteiger partial charge in [0.15, 0.2) is 0 Å². The van der Waals surface area contributed by atoms with E-state index in [1.807, 2.05) is 6.92 Å². The first-order valence-corrected chi connectivity index (χ1v) is 5.08. The molecule has 0 saturated carbocycles. The van der Waals surface area contributed by atoms with Gasteiger partial charge in [0.2, 0.25) is 11.8 Å². The van der Waals surface area contributed by atoms with Crippen molar-refractivity contribution >= 4 is 23.2 Å². The Hall–Kier alpha value is -2.24. The normalized spacial score (nSPS) is 9.94. The number of aryl methyl sites for hydroxylation is 1. The van der Waals surface area contributed by atoms with E-state index in [1.54, 1.807) is 18.2 Å². The van der Waals surface area contributed by atoms with Crippen molar-refractivity contribution in [2.45, 2.75) is 6.92 Å². The predicted octanol–water partition coefficient (Wildman–Crippen LogP) is -0.646. The molecule has 2 amide bonds. The summed E-state index contributed by atoms with van der Waals surface area (Å²) in [6.45, 7) is 1.71. The minimum atomic E-state index is -0.525. The van der Waals surface area contributed by atoms with Crippen molar-refractivity contribution in [3.8, 4) is 0 Å². The Balaban J connectivity index is 3.02. The van der Waals surface area contributed by atoms with Gasteiger partial charge in [-0.1, -0.05) is 0 Å². The largest absolute Gasteiger partial charge is 0.399 e. The SMILES string of the molecule is Cc1cc(N)ccc1N(CC(N)=O)CC(N)=O. The fourth-order valence-corrected chi connectivity index (χ4v) is 1.64. The summed E-state index contributed by atoms with van der Waals surface area (Å²) in [5, 5.41) is 0. The minimum Gasteiger partial charge on any atom is -0.399 e. The third-order valence-corrected chi connectivity index (χ3v) is 2.25. The minimum absolute atomic E-state index is 0.0618. The molecule has 0 heterocycles. The zero-order valence-electron chi connectivity index (χ0n) is 9.64. The molecule has 6 nitrogen and oxygen atoms in total. The van der Waals surface area contributed by atoms with Crippen LogP contribution < -0.4 is 22.1 Å². The monoisotopic (exact) mass is 236 g/mol. The molecular formula is C11H16N4O2. The van der Waals surface area contributed by atoms with Crippen LogP contribution in [0.1, 0.15) is 5.56 Å². The van der Waals surface area contributed by atoms with Gasteiger partial charge in [-0.15, -0.1) is 0 Å². The highest BCUT2D eigenvalue weighted by atomic mass is 16.2. The number of hydrogen-bond acceptors (Lipinski definition) is 4. The van der Waals surface area contributed by atoms with E-state index in [1.165, 1.54) is 4.90 Å². The van der Waals surface area contributed by atoms with Crippen LogP contribution in [0.5, 0.6) is 0 Å². The number of nitrogens with zero attached hydrogens (tertiary/aromatic N) is 1. The number of carbonyl (C=O) groups excluding carboxylic acids is 2. The predicted molar refractivity (Wildman–Crippen MR) is 66.2 cm³/mol. The number of primary amides is 2. The molecule has 0 aliphatic carbocycles. The van der Waals surface area contributed by atoms with Gasteiger partial charge in [-0.3, -0.25) is 9.59 Å². The molecule has 0 bridgehead atoms. The molecule has 1 aromatic rings. The van der Waals surface area contributed by atoms with E-state index in [0.29, 0.717) is 5.69 Å². The highest BCUT2D eigenvalue weighted by Gasteiger charge is 2.14. The lowest BCUT2D eigenvalue weighted by atomic mass is 10.1. The van der Waals surface area contributed by atoms with Crippen LogP contribution in [0.3, 0.4) is 0 Å². The van der Waals surface area contributed by atoms with Gasteiger partial charge in [0.05, 0.1) is 13.1 Å². The Morgan fingerprint density at radius 3 is 2.12 bits per heavy atom. The Bertz CT molecular complexity index is 429. The molecule has 0 saturated heterocycles. The molecule has 0 aromatic heterocycles. The fraction of sp³-hybridized carbons (Fsp3) is 0.273.